The van der Waals surface area contributed by atoms with Gasteiger partial charge in [0.05, 0.1) is 5.70 Å². The van der Waals surface area contributed by atoms with E-state index in [1.165, 1.54) is 6.34 Å². The minimum absolute atomic E-state index is 0.00212. The van der Waals surface area contributed by atoms with Crippen LogP contribution in [0, 0.1) is 0 Å². The Balaban J connectivity index is 2.59. The maximum atomic E-state index is 12.2. The molecule has 1 aliphatic heterocycles. The Hall–Kier alpha value is -1.82. The topological polar surface area (TPSA) is 60.6 Å². The molecule has 6 heteroatoms. The van der Waals surface area contributed by atoms with Gasteiger partial charge >= 0.3 is 0 Å². The average Bonchev–Trinajstić information content (AvgIpc) is 2.45. The number of carbonyl (C=O) groups is 1. The fourth-order valence-electron chi connectivity index (χ4n) is 1.71. The fourth-order valence-corrected chi connectivity index (χ4v) is 1.71. The van der Waals surface area contributed by atoms with Crippen molar-refractivity contribution in [2.75, 3.05) is 33.2 Å². The van der Waals surface area contributed by atoms with E-state index in [4.69, 9.17) is 0 Å². The summed E-state index contributed by atoms with van der Waals surface area (Å²) in [7, 11) is 2.06. The van der Waals surface area contributed by atoms with Crippen LogP contribution in [0.4, 0.5) is 0 Å². The predicted octanol–water partition coefficient (Wildman–Crippen LogP) is 1.20. The van der Waals surface area contributed by atoms with E-state index in [-0.39, 0.29) is 5.91 Å². The summed E-state index contributed by atoms with van der Waals surface area (Å²) in [6.45, 7) is 8.71. The first kappa shape index (κ1) is 16.2. The Bertz CT molecular complexity index is 442. The van der Waals surface area contributed by atoms with Crippen molar-refractivity contribution in [1.29, 1.82) is 0 Å². The second-order valence-electron chi connectivity index (χ2n) is 4.73. The average molecular weight is 277 g/mol. The number of carbonyl (C=O) groups excluding carboxylic acids is 1. The SMILES string of the molecule is C/C=N/C=N\C(C)=C\N=C(/C)C(=O)N1CCN(C)CC1. The molecular formula is C14H23N5O. The highest BCUT2D eigenvalue weighted by Gasteiger charge is 2.20. The lowest BCUT2D eigenvalue weighted by Crippen LogP contribution is -2.48. The lowest BCUT2D eigenvalue weighted by molar-refractivity contribution is -0.125. The largest absolute Gasteiger partial charge is 0.335 e. The van der Waals surface area contributed by atoms with E-state index in [0.29, 0.717) is 11.4 Å². The molecule has 1 heterocycles. The minimum Gasteiger partial charge on any atom is -0.335 e. The van der Waals surface area contributed by atoms with Crippen molar-refractivity contribution in [3.05, 3.63) is 11.9 Å². The molecule has 0 aromatic rings. The van der Waals surface area contributed by atoms with Crippen LogP contribution in [0.15, 0.2) is 26.9 Å². The number of hydrogen-bond acceptors (Lipinski definition) is 4. The van der Waals surface area contributed by atoms with Crippen LogP contribution >= 0.6 is 0 Å². The number of allylic oxidation sites excluding steroid dienone is 1. The number of likely N-dealkylation sites (N-methyl/N-ethyl adjacent to an activating group) is 1. The second-order valence-corrected chi connectivity index (χ2v) is 4.73. The molecule has 1 rings (SSSR count). The standard InChI is InChI=1S/C14H23N5O/c1-5-15-11-17-12(2)10-16-13(3)14(20)19-8-6-18(4)7-9-19/h5,10-11H,6-9H2,1-4H3/b12-10+,15-5+,16-13+,17-11-. The van der Waals surface area contributed by atoms with E-state index >= 15 is 0 Å². The highest BCUT2D eigenvalue weighted by molar-refractivity contribution is 6.38. The van der Waals surface area contributed by atoms with Crippen LogP contribution < -0.4 is 0 Å². The van der Waals surface area contributed by atoms with Gasteiger partial charge in [-0.15, -0.1) is 0 Å². The fraction of sp³-hybridized carbons (Fsp3) is 0.571. The minimum atomic E-state index is -0.00212. The molecule has 1 fully saturated rings. The van der Waals surface area contributed by atoms with Gasteiger partial charge in [0, 0.05) is 38.6 Å². The highest BCUT2D eigenvalue weighted by atomic mass is 16.2. The van der Waals surface area contributed by atoms with Crippen molar-refractivity contribution in [1.82, 2.24) is 9.80 Å². The summed E-state index contributed by atoms with van der Waals surface area (Å²) in [6.07, 6.45) is 4.70. The maximum Gasteiger partial charge on any atom is 0.268 e. The van der Waals surface area contributed by atoms with E-state index < -0.39 is 0 Å². The third-order valence-corrected chi connectivity index (χ3v) is 3.02. The zero-order valence-electron chi connectivity index (χ0n) is 12.7. The van der Waals surface area contributed by atoms with E-state index in [1.807, 2.05) is 18.7 Å². The lowest BCUT2D eigenvalue weighted by Gasteiger charge is -2.32. The molecule has 0 aliphatic carbocycles. The van der Waals surface area contributed by atoms with Gasteiger partial charge in [-0.3, -0.25) is 9.79 Å². The van der Waals surface area contributed by atoms with Crippen LogP contribution in [0.3, 0.4) is 0 Å². The van der Waals surface area contributed by atoms with Crippen molar-refractivity contribution in [2.45, 2.75) is 20.8 Å². The van der Waals surface area contributed by atoms with Gasteiger partial charge in [0.2, 0.25) is 0 Å². The van der Waals surface area contributed by atoms with Crippen LogP contribution in [0.1, 0.15) is 20.8 Å². The van der Waals surface area contributed by atoms with Crippen LogP contribution in [0.5, 0.6) is 0 Å². The molecule has 6 nitrogen and oxygen atoms in total. The molecular weight excluding hydrogens is 254 g/mol. The van der Waals surface area contributed by atoms with Gasteiger partial charge in [-0.1, -0.05) is 0 Å². The Labute approximate surface area is 120 Å². The summed E-state index contributed by atoms with van der Waals surface area (Å²) < 4.78 is 0. The molecule has 1 saturated heterocycles. The number of rotatable bonds is 4. The van der Waals surface area contributed by atoms with E-state index in [2.05, 4.69) is 26.9 Å². The van der Waals surface area contributed by atoms with Crippen molar-refractivity contribution < 1.29 is 4.79 Å². The number of aliphatic imine (C=N–C) groups is 3. The molecule has 1 amide bonds. The molecule has 0 N–H and O–H groups in total. The first-order valence-corrected chi connectivity index (χ1v) is 6.74. The van der Waals surface area contributed by atoms with Gasteiger partial charge < -0.3 is 9.80 Å². The predicted molar refractivity (Wildman–Crippen MR) is 83.6 cm³/mol. The van der Waals surface area contributed by atoms with Gasteiger partial charge in [0.1, 0.15) is 12.1 Å². The molecule has 0 radical (unpaired) electrons. The summed E-state index contributed by atoms with van der Waals surface area (Å²) >= 11 is 0. The van der Waals surface area contributed by atoms with E-state index in [1.54, 1.807) is 19.3 Å². The zero-order valence-corrected chi connectivity index (χ0v) is 12.7. The molecule has 0 spiro atoms. The number of nitrogens with zero attached hydrogens (tertiary/aromatic N) is 5. The summed E-state index contributed by atoms with van der Waals surface area (Å²) in [4.78, 5) is 28.3. The molecule has 0 aromatic carbocycles. The van der Waals surface area contributed by atoms with Crippen LogP contribution in [0.25, 0.3) is 0 Å². The van der Waals surface area contributed by atoms with Gasteiger partial charge in [-0.25, -0.2) is 9.98 Å². The first-order valence-electron chi connectivity index (χ1n) is 6.74. The molecule has 0 aromatic heterocycles. The first-order chi connectivity index (χ1) is 9.54. The summed E-state index contributed by atoms with van der Waals surface area (Å²) in [5.41, 5.74) is 1.20. The van der Waals surface area contributed by atoms with E-state index in [0.717, 1.165) is 26.2 Å². The van der Waals surface area contributed by atoms with Gasteiger partial charge in [0.25, 0.3) is 5.91 Å². The van der Waals surface area contributed by atoms with Gasteiger partial charge in [-0.2, -0.15) is 0 Å². The normalized spacial score (nSPS) is 19.3. The third-order valence-electron chi connectivity index (χ3n) is 3.02. The smallest absolute Gasteiger partial charge is 0.268 e. The number of piperazine rings is 1. The Morgan fingerprint density at radius 1 is 1.15 bits per heavy atom. The molecule has 0 saturated carbocycles. The van der Waals surface area contributed by atoms with Crippen LogP contribution in [-0.4, -0.2) is 67.2 Å². The Morgan fingerprint density at radius 2 is 1.80 bits per heavy atom. The summed E-state index contributed by atoms with van der Waals surface area (Å²) in [6, 6.07) is 0. The highest BCUT2D eigenvalue weighted by Crippen LogP contribution is 2.02. The lowest BCUT2D eigenvalue weighted by atomic mass is 10.3. The monoisotopic (exact) mass is 277 g/mol. The molecule has 0 atom stereocenters. The molecule has 0 unspecified atom stereocenters. The maximum absolute atomic E-state index is 12.2. The summed E-state index contributed by atoms with van der Waals surface area (Å²) in [5, 5.41) is 0. The van der Waals surface area contributed by atoms with Crippen LogP contribution in [0.2, 0.25) is 0 Å². The Kier molecular flexibility index (Phi) is 6.79. The molecule has 110 valence electrons. The van der Waals surface area contributed by atoms with Crippen LogP contribution in [-0.2, 0) is 4.79 Å². The zero-order chi connectivity index (χ0) is 15.0. The van der Waals surface area contributed by atoms with Crippen molar-refractivity contribution >= 4 is 24.2 Å². The summed E-state index contributed by atoms with van der Waals surface area (Å²) in [5.74, 6) is -0.00212. The van der Waals surface area contributed by atoms with Gasteiger partial charge in [-0.05, 0) is 27.8 Å². The van der Waals surface area contributed by atoms with Crippen molar-refractivity contribution in [3.8, 4) is 0 Å². The third kappa shape index (κ3) is 5.44. The van der Waals surface area contributed by atoms with Crippen molar-refractivity contribution in [3.63, 3.8) is 0 Å². The molecule has 20 heavy (non-hydrogen) atoms. The number of hydrogen-bond donors (Lipinski definition) is 0. The number of amides is 1. The van der Waals surface area contributed by atoms with Crippen molar-refractivity contribution in [2.24, 2.45) is 15.0 Å². The molecule has 1 aliphatic rings. The second kappa shape index (κ2) is 8.37. The van der Waals surface area contributed by atoms with Gasteiger partial charge in [0.15, 0.2) is 0 Å². The van der Waals surface area contributed by atoms with E-state index in [9.17, 15) is 4.79 Å². The Morgan fingerprint density at radius 3 is 2.40 bits per heavy atom. The quantitative estimate of drug-likeness (QED) is 0.572. The molecule has 0 bridgehead atoms.